The molecule has 0 saturated heterocycles. The summed E-state index contributed by atoms with van der Waals surface area (Å²) in [6, 6.07) is 0. The molecule has 0 aliphatic carbocycles. The number of rotatable bonds is 3. The van der Waals surface area contributed by atoms with E-state index in [1.807, 2.05) is 0 Å². The summed E-state index contributed by atoms with van der Waals surface area (Å²) < 4.78 is 0. The summed E-state index contributed by atoms with van der Waals surface area (Å²) in [7, 11) is 0. The predicted molar refractivity (Wildman–Crippen MR) is 46.4 cm³/mol. The molecule has 1 radical (unpaired) electrons. The van der Waals surface area contributed by atoms with E-state index in [1.165, 1.54) is 0 Å². The van der Waals surface area contributed by atoms with E-state index in [4.69, 9.17) is 16.9 Å². The molecule has 6 N–H and O–H groups in total. The zero-order valence-electron chi connectivity index (χ0n) is 7.02. The molecule has 0 fully saturated rings. The van der Waals surface area contributed by atoms with Crippen LogP contribution < -0.4 is 16.8 Å². The van der Waals surface area contributed by atoms with Crippen LogP contribution in [0.2, 0.25) is 0 Å². The Kier molecular flexibility index (Phi) is 10.0. The monoisotopic (exact) mass is 264 g/mol. The summed E-state index contributed by atoms with van der Waals surface area (Å²) in [5.41, 5.74) is 10.3. The number of nitrogens with two attached hydrogens (primary N) is 2. The number of guanidine groups is 2. The SMILES string of the molecule is CCCCN=C(N)NC(=N)N.[Ag]. The molecule has 0 heterocycles. The van der Waals surface area contributed by atoms with Gasteiger partial charge in [-0.25, -0.2) is 0 Å². The zero-order chi connectivity index (χ0) is 8.69. The predicted octanol–water partition coefficient (Wildman–Crippen LogP) is -0.418. The molecule has 0 aliphatic rings. The zero-order valence-corrected chi connectivity index (χ0v) is 8.51. The number of hydrogen-bond acceptors (Lipinski definition) is 2. The maximum absolute atomic E-state index is 6.81. The minimum Gasteiger partial charge on any atom is -0.370 e. The fourth-order valence-corrected chi connectivity index (χ4v) is 0.535. The summed E-state index contributed by atoms with van der Waals surface area (Å²) >= 11 is 0. The Bertz CT molecular complexity index is 156. The van der Waals surface area contributed by atoms with Crippen LogP contribution in [0.3, 0.4) is 0 Å². The largest absolute Gasteiger partial charge is 0.370 e. The number of nitrogens with zero attached hydrogens (tertiary/aromatic N) is 1. The van der Waals surface area contributed by atoms with Crippen LogP contribution in [-0.2, 0) is 22.4 Å². The molecule has 5 nitrogen and oxygen atoms in total. The van der Waals surface area contributed by atoms with E-state index in [1.54, 1.807) is 0 Å². The van der Waals surface area contributed by atoms with Crippen LogP contribution in [0.25, 0.3) is 0 Å². The second-order valence-electron chi connectivity index (χ2n) is 2.16. The minimum absolute atomic E-state index is 0. The van der Waals surface area contributed by atoms with Crippen LogP contribution in [-0.4, -0.2) is 18.5 Å². The van der Waals surface area contributed by atoms with Gasteiger partial charge in [-0.1, -0.05) is 13.3 Å². The number of aliphatic imine (C=N–C) groups is 1. The molecular formula is C6H15AgN5. The molecular weight excluding hydrogens is 250 g/mol. The topological polar surface area (TPSA) is 100 Å². The van der Waals surface area contributed by atoms with Crippen LogP contribution in [0.15, 0.2) is 4.99 Å². The summed E-state index contributed by atoms with van der Waals surface area (Å²) in [5, 5.41) is 9.20. The second kappa shape index (κ2) is 8.58. The van der Waals surface area contributed by atoms with Crippen molar-refractivity contribution in [3.8, 4) is 0 Å². The number of nitrogens with one attached hydrogen (secondary N) is 2. The van der Waals surface area contributed by atoms with Crippen LogP contribution in [0.1, 0.15) is 19.8 Å². The van der Waals surface area contributed by atoms with Crippen molar-refractivity contribution < 1.29 is 22.4 Å². The van der Waals surface area contributed by atoms with E-state index in [9.17, 15) is 0 Å². The van der Waals surface area contributed by atoms with Crippen molar-refractivity contribution in [3.05, 3.63) is 0 Å². The molecule has 6 heteroatoms. The van der Waals surface area contributed by atoms with Crippen molar-refractivity contribution in [2.24, 2.45) is 16.5 Å². The molecule has 0 unspecified atom stereocenters. The summed E-state index contributed by atoms with van der Waals surface area (Å²) in [6.45, 7) is 2.76. The third-order valence-corrected chi connectivity index (χ3v) is 1.06. The first-order valence-corrected chi connectivity index (χ1v) is 3.57. The van der Waals surface area contributed by atoms with Gasteiger partial charge in [-0.3, -0.25) is 15.7 Å². The van der Waals surface area contributed by atoms with Gasteiger partial charge in [0.15, 0.2) is 11.9 Å². The minimum atomic E-state index is -0.178. The van der Waals surface area contributed by atoms with Gasteiger partial charge in [-0.05, 0) is 6.42 Å². The normalized spacial score (nSPS) is 10.2. The molecule has 0 aromatic carbocycles. The van der Waals surface area contributed by atoms with Crippen LogP contribution in [0, 0.1) is 5.41 Å². The van der Waals surface area contributed by atoms with Gasteiger partial charge in [0.25, 0.3) is 0 Å². The van der Waals surface area contributed by atoms with Gasteiger partial charge in [-0.15, -0.1) is 0 Å². The van der Waals surface area contributed by atoms with Crippen LogP contribution >= 0.6 is 0 Å². The molecule has 0 rings (SSSR count). The summed E-state index contributed by atoms with van der Waals surface area (Å²) in [4.78, 5) is 3.92. The van der Waals surface area contributed by atoms with E-state index in [0.717, 1.165) is 12.8 Å². The Morgan fingerprint density at radius 2 is 2.08 bits per heavy atom. The molecule has 0 amide bonds. The fraction of sp³-hybridized carbons (Fsp3) is 0.667. The maximum Gasteiger partial charge on any atom is 0.195 e. The van der Waals surface area contributed by atoms with Crippen molar-refractivity contribution in [3.63, 3.8) is 0 Å². The van der Waals surface area contributed by atoms with Crippen molar-refractivity contribution in [1.29, 1.82) is 5.41 Å². The molecule has 0 aromatic rings. The van der Waals surface area contributed by atoms with Gasteiger partial charge in [-0.2, -0.15) is 0 Å². The first-order valence-electron chi connectivity index (χ1n) is 3.57. The summed E-state index contributed by atoms with van der Waals surface area (Å²) in [6.07, 6.45) is 2.08. The fourth-order valence-electron chi connectivity index (χ4n) is 0.535. The Hall–Kier alpha value is -0.520. The average Bonchev–Trinajstić information content (AvgIpc) is 1.86. The van der Waals surface area contributed by atoms with Gasteiger partial charge in [0.05, 0.1) is 0 Å². The van der Waals surface area contributed by atoms with E-state index in [2.05, 4.69) is 17.2 Å². The third-order valence-electron chi connectivity index (χ3n) is 1.06. The van der Waals surface area contributed by atoms with Gasteiger partial charge < -0.3 is 11.5 Å². The quantitative estimate of drug-likeness (QED) is 0.241. The number of unbranched alkanes of at least 4 members (excludes halogenated alkanes) is 1. The van der Waals surface area contributed by atoms with Gasteiger partial charge in [0.2, 0.25) is 0 Å². The standard InChI is InChI=1S/C6H15N5.Ag/c1-2-3-4-10-6(9)11-5(7)8;/h2-4H2,1H3,(H6,7,8,9,10,11);. The molecule has 0 aliphatic heterocycles. The van der Waals surface area contributed by atoms with E-state index in [0.29, 0.717) is 6.54 Å². The van der Waals surface area contributed by atoms with Crippen LogP contribution in [0.4, 0.5) is 0 Å². The van der Waals surface area contributed by atoms with Crippen molar-refractivity contribution in [2.45, 2.75) is 19.8 Å². The summed E-state index contributed by atoms with van der Waals surface area (Å²) in [5.74, 6) is 0.0358. The average molecular weight is 265 g/mol. The van der Waals surface area contributed by atoms with Crippen molar-refractivity contribution in [1.82, 2.24) is 5.32 Å². The van der Waals surface area contributed by atoms with Crippen molar-refractivity contribution >= 4 is 11.9 Å². The number of hydrogen-bond donors (Lipinski definition) is 4. The molecule has 75 valence electrons. The first kappa shape index (κ1) is 14.0. The molecule has 0 saturated carbocycles. The second-order valence-corrected chi connectivity index (χ2v) is 2.16. The Morgan fingerprint density at radius 3 is 2.50 bits per heavy atom. The molecule has 12 heavy (non-hydrogen) atoms. The van der Waals surface area contributed by atoms with Crippen molar-refractivity contribution in [2.75, 3.05) is 6.54 Å². The smallest absolute Gasteiger partial charge is 0.195 e. The first-order chi connectivity index (χ1) is 5.16. The Morgan fingerprint density at radius 1 is 1.50 bits per heavy atom. The molecule has 0 bridgehead atoms. The Balaban J connectivity index is 0. The molecule has 0 atom stereocenters. The molecule has 0 spiro atoms. The van der Waals surface area contributed by atoms with E-state index >= 15 is 0 Å². The van der Waals surface area contributed by atoms with E-state index < -0.39 is 0 Å². The Labute approximate surface area is 88.0 Å². The van der Waals surface area contributed by atoms with Gasteiger partial charge in [0, 0.05) is 28.9 Å². The maximum atomic E-state index is 6.81. The van der Waals surface area contributed by atoms with Gasteiger partial charge in [0.1, 0.15) is 0 Å². The molecule has 0 aromatic heterocycles. The van der Waals surface area contributed by atoms with Gasteiger partial charge >= 0.3 is 0 Å². The third kappa shape index (κ3) is 9.48. The van der Waals surface area contributed by atoms with Crippen LogP contribution in [0.5, 0.6) is 0 Å². The van der Waals surface area contributed by atoms with E-state index in [-0.39, 0.29) is 34.3 Å².